The van der Waals surface area contributed by atoms with Crippen molar-refractivity contribution in [3.8, 4) is 0 Å². The molecule has 0 aromatic heterocycles. The monoisotopic (exact) mass is 332 g/mol. The molecule has 0 radical (unpaired) electrons. The Balaban J connectivity index is 1.40. The highest BCUT2D eigenvalue weighted by Gasteiger charge is 2.20. The number of benzene rings is 1. The third-order valence-electron chi connectivity index (χ3n) is 4.93. The Kier molecular flexibility index (Phi) is 6.01. The van der Waals surface area contributed by atoms with Crippen molar-refractivity contribution in [2.24, 2.45) is 0 Å². The number of aryl methyl sites for hydroxylation is 2. The number of amides is 1. The third-order valence-corrected chi connectivity index (χ3v) is 5.93. The number of nitrogens with one attached hydrogen (secondary N) is 1. The summed E-state index contributed by atoms with van der Waals surface area (Å²) in [5.74, 6) is 0.720. The molecule has 0 unspecified atom stereocenters. The maximum Gasteiger partial charge on any atom is 0.230 e. The number of fused-ring (bicyclic) bond motifs is 1. The van der Waals surface area contributed by atoms with E-state index in [1.54, 1.807) is 11.8 Å². The van der Waals surface area contributed by atoms with Gasteiger partial charge in [-0.05, 0) is 68.3 Å². The maximum atomic E-state index is 12.2. The molecule has 3 rings (SSSR count). The van der Waals surface area contributed by atoms with E-state index in [0.29, 0.717) is 11.8 Å². The number of piperidine rings is 1. The fourth-order valence-electron chi connectivity index (χ4n) is 3.67. The highest BCUT2D eigenvalue weighted by Crippen LogP contribution is 2.27. The van der Waals surface area contributed by atoms with Crippen molar-refractivity contribution < 1.29 is 4.79 Å². The second-order valence-corrected chi connectivity index (χ2v) is 7.80. The number of hydrogen-bond donors (Lipinski definition) is 1. The average molecular weight is 333 g/mol. The molecule has 3 nitrogen and oxygen atoms in total. The summed E-state index contributed by atoms with van der Waals surface area (Å²) in [4.78, 5) is 15.9. The van der Waals surface area contributed by atoms with E-state index in [1.807, 2.05) is 0 Å². The molecule has 4 heteroatoms. The van der Waals surface area contributed by atoms with Gasteiger partial charge < -0.3 is 10.2 Å². The van der Waals surface area contributed by atoms with Crippen molar-refractivity contribution in [3.05, 3.63) is 29.3 Å². The van der Waals surface area contributed by atoms with Crippen LogP contribution in [0.3, 0.4) is 0 Å². The maximum absolute atomic E-state index is 12.2. The SMILES string of the molecule is CCCN1CCC(NC(=O)CSc2ccc3c(c2)CCC3)CC1. The summed E-state index contributed by atoms with van der Waals surface area (Å²) in [6.45, 7) is 5.66. The molecule has 1 aromatic carbocycles. The van der Waals surface area contributed by atoms with Crippen LogP contribution in [0.2, 0.25) is 0 Å². The van der Waals surface area contributed by atoms with E-state index in [4.69, 9.17) is 0 Å². The molecular formula is C19H28N2OS. The second kappa shape index (κ2) is 8.20. The van der Waals surface area contributed by atoms with Crippen molar-refractivity contribution in [3.63, 3.8) is 0 Å². The number of carbonyl (C=O) groups is 1. The molecule has 0 atom stereocenters. The van der Waals surface area contributed by atoms with Gasteiger partial charge in [0.05, 0.1) is 5.75 Å². The highest BCUT2D eigenvalue weighted by atomic mass is 32.2. The van der Waals surface area contributed by atoms with Gasteiger partial charge in [-0.25, -0.2) is 0 Å². The minimum Gasteiger partial charge on any atom is -0.353 e. The highest BCUT2D eigenvalue weighted by molar-refractivity contribution is 8.00. The van der Waals surface area contributed by atoms with Crippen molar-refractivity contribution in [1.82, 2.24) is 10.2 Å². The summed E-state index contributed by atoms with van der Waals surface area (Å²) >= 11 is 1.67. The molecule has 23 heavy (non-hydrogen) atoms. The summed E-state index contributed by atoms with van der Waals surface area (Å²) in [6.07, 6.45) is 7.10. The third kappa shape index (κ3) is 4.74. The number of nitrogens with zero attached hydrogens (tertiary/aromatic N) is 1. The summed E-state index contributed by atoms with van der Waals surface area (Å²) in [6, 6.07) is 7.07. The molecule has 1 aromatic rings. The van der Waals surface area contributed by atoms with Crippen LogP contribution >= 0.6 is 11.8 Å². The Bertz CT molecular complexity index is 538. The molecular weight excluding hydrogens is 304 g/mol. The fraction of sp³-hybridized carbons (Fsp3) is 0.632. The van der Waals surface area contributed by atoms with Gasteiger partial charge in [-0.2, -0.15) is 0 Å². The van der Waals surface area contributed by atoms with Crippen molar-refractivity contribution in [2.75, 3.05) is 25.4 Å². The van der Waals surface area contributed by atoms with E-state index in [-0.39, 0.29) is 5.91 Å². The molecule has 1 aliphatic carbocycles. The van der Waals surface area contributed by atoms with E-state index in [0.717, 1.165) is 25.9 Å². The van der Waals surface area contributed by atoms with Gasteiger partial charge in [0.2, 0.25) is 5.91 Å². The molecule has 126 valence electrons. The Labute approximate surface area is 144 Å². The van der Waals surface area contributed by atoms with E-state index in [1.165, 1.54) is 48.3 Å². The Hall–Kier alpha value is -1.00. The van der Waals surface area contributed by atoms with Crippen molar-refractivity contribution >= 4 is 17.7 Å². The quantitative estimate of drug-likeness (QED) is 0.812. The van der Waals surface area contributed by atoms with Crippen LogP contribution in [0.25, 0.3) is 0 Å². The first-order valence-electron chi connectivity index (χ1n) is 9.01. The molecule has 2 aliphatic rings. The lowest BCUT2D eigenvalue weighted by Crippen LogP contribution is -2.45. The minimum absolute atomic E-state index is 0.185. The van der Waals surface area contributed by atoms with Gasteiger partial charge in [-0.3, -0.25) is 4.79 Å². The minimum atomic E-state index is 0.185. The number of rotatable bonds is 6. The molecule has 1 aliphatic heterocycles. The number of thioether (sulfide) groups is 1. The lowest BCUT2D eigenvalue weighted by molar-refractivity contribution is -0.119. The van der Waals surface area contributed by atoms with Gasteiger partial charge in [-0.1, -0.05) is 13.0 Å². The van der Waals surface area contributed by atoms with Crippen LogP contribution in [0.4, 0.5) is 0 Å². The van der Waals surface area contributed by atoms with Crippen LogP contribution in [0.5, 0.6) is 0 Å². The van der Waals surface area contributed by atoms with Crippen LogP contribution in [-0.4, -0.2) is 42.2 Å². The molecule has 0 bridgehead atoms. The Morgan fingerprint density at radius 1 is 1.26 bits per heavy atom. The number of carbonyl (C=O) groups excluding carboxylic acids is 1. The molecule has 1 saturated heterocycles. The van der Waals surface area contributed by atoms with E-state index in [9.17, 15) is 4.79 Å². The second-order valence-electron chi connectivity index (χ2n) is 6.76. The summed E-state index contributed by atoms with van der Waals surface area (Å²) in [5.41, 5.74) is 2.98. The largest absolute Gasteiger partial charge is 0.353 e. The standard InChI is InChI=1S/C19H28N2OS/c1-2-10-21-11-8-17(9-12-21)20-19(22)14-23-18-7-6-15-4-3-5-16(15)13-18/h6-7,13,17H,2-5,8-12,14H2,1H3,(H,20,22). The molecule has 0 spiro atoms. The van der Waals surface area contributed by atoms with Crippen LogP contribution in [0, 0.1) is 0 Å². The Morgan fingerprint density at radius 2 is 2.04 bits per heavy atom. The van der Waals surface area contributed by atoms with Crippen molar-refractivity contribution in [2.45, 2.75) is 56.4 Å². The number of likely N-dealkylation sites (tertiary alicyclic amines) is 1. The van der Waals surface area contributed by atoms with Gasteiger partial charge in [0, 0.05) is 24.0 Å². The van der Waals surface area contributed by atoms with E-state index in [2.05, 4.69) is 35.3 Å². The smallest absolute Gasteiger partial charge is 0.230 e. The predicted molar refractivity (Wildman–Crippen MR) is 97.1 cm³/mol. The zero-order chi connectivity index (χ0) is 16.1. The molecule has 1 N–H and O–H groups in total. The lowest BCUT2D eigenvalue weighted by Gasteiger charge is -2.32. The zero-order valence-electron chi connectivity index (χ0n) is 14.1. The fourth-order valence-corrected chi connectivity index (χ4v) is 4.44. The summed E-state index contributed by atoms with van der Waals surface area (Å²) in [5, 5.41) is 3.22. The molecule has 1 fully saturated rings. The summed E-state index contributed by atoms with van der Waals surface area (Å²) in [7, 11) is 0. The van der Waals surface area contributed by atoms with Gasteiger partial charge in [-0.15, -0.1) is 11.8 Å². The van der Waals surface area contributed by atoms with E-state index < -0.39 is 0 Å². The molecule has 1 amide bonds. The Morgan fingerprint density at radius 3 is 2.83 bits per heavy atom. The lowest BCUT2D eigenvalue weighted by atomic mass is 10.1. The van der Waals surface area contributed by atoms with Crippen molar-refractivity contribution in [1.29, 1.82) is 0 Å². The van der Waals surface area contributed by atoms with Crippen LogP contribution in [0.1, 0.15) is 43.7 Å². The van der Waals surface area contributed by atoms with Gasteiger partial charge >= 0.3 is 0 Å². The van der Waals surface area contributed by atoms with Crippen LogP contribution in [-0.2, 0) is 17.6 Å². The number of hydrogen-bond acceptors (Lipinski definition) is 3. The zero-order valence-corrected chi connectivity index (χ0v) is 15.0. The first-order chi connectivity index (χ1) is 11.2. The van der Waals surface area contributed by atoms with Gasteiger partial charge in [0.25, 0.3) is 0 Å². The summed E-state index contributed by atoms with van der Waals surface area (Å²) < 4.78 is 0. The van der Waals surface area contributed by atoms with Crippen LogP contribution < -0.4 is 5.32 Å². The van der Waals surface area contributed by atoms with Gasteiger partial charge in [0.15, 0.2) is 0 Å². The average Bonchev–Trinajstić information content (AvgIpc) is 3.03. The van der Waals surface area contributed by atoms with Crippen LogP contribution in [0.15, 0.2) is 23.1 Å². The molecule has 0 saturated carbocycles. The van der Waals surface area contributed by atoms with Gasteiger partial charge in [0.1, 0.15) is 0 Å². The normalized spacial score (nSPS) is 18.8. The molecule has 1 heterocycles. The topological polar surface area (TPSA) is 32.3 Å². The predicted octanol–water partition coefficient (Wildman–Crippen LogP) is 3.26. The first-order valence-corrected chi connectivity index (χ1v) is 9.99. The first kappa shape index (κ1) is 16.8. The van der Waals surface area contributed by atoms with E-state index >= 15 is 0 Å².